The maximum absolute atomic E-state index is 13.6. The lowest BCUT2D eigenvalue weighted by Crippen LogP contribution is -2.53. The van der Waals surface area contributed by atoms with Crippen molar-refractivity contribution in [3.05, 3.63) is 72.6 Å². The first-order valence-corrected chi connectivity index (χ1v) is 9.70. The number of carbonyl (C=O) groups excluding carboxylic acids is 1. The number of benzene rings is 1. The first kappa shape index (κ1) is 20.1. The summed E-state index contributed by atoms with van der Waals surface area (Å²) in [4.78, 5) is 19.6. The summed E-state index contributed by atoms with van der Waals surface area (Å²) < 4.78 is 5.75. The Kier molecular flexibility index (Phi) is 6.15. The Labute approximate surface area is 166 Å². The van der Waals surface area contributed by atoms with E-state index in [0.717, 1.165) is 17.0 Å². The van der Waals surface area contributed by atoms with Crippen LogP contribution in [0.2, 0.25) is 0 Å². The number of amides is 1. The van der Waals surface area contributed by atoms with Gasteiger partial charge in [-0.05, 0) is 38.5 Å². The van der Waals surface area contributed by atoms with Crippen LogP contribution in [0, 0.1) is 5.92 Å². The molecule has 0 spiro atoms. The van der Waals surface area contributed by atoms with E-state index in [1.54, 1.807) is 31.0 Å². The fourth-order valence-electron chi connectivity index (χ4n) is 3.84. The average Bonchev–Trinajstić information content (AvgIpc) is 2.68. The first-order chi connectivity index (χ1) is 13.4. The van der Waals surface area contributed by atoms with Gasteiger partial charge in [-0.25, -0.2) is 0 Å². The summed E-state index contributed by atoms with van der Waals surface area (Å²) in [7, 11) is 0. The van der Waals surface area contributed by atoms with E-state index in [0.29, 0.717) is 25.9 Å². The number of hydrogen-bond donors (Lipinski definition) is 1. The van der Waals surface area contributed by atoms with Gasteiger partial charge in [-0.2, -0.15) is 0 Å². The van der Waals surface area contributed by atoms with Gasteiger partial charge < -0.3 is 14.7 Å². The minimum atomic E-state index is -1.31. The summed E-state index contributed by atoms with van der Waals surface area (Å²) in [5.41, 5.74) is 0.473. The van der Waals surface area contributed by atoms with Crippen LogP contribution in [-0.2, 0) is 11.2 Å². The Bertz CT molecular complexity index is 814. The summed E-state index contributed by atoms with van der Waals surface area (Å²) in [6.45, 7) is 7.65. The van der Waals surface area contributed by atoms with Crippen molar-refractivity contribution in [1.29, 1.82) is 0 Å². The molecule has 3 rings (SSSR count). The number of hydrogen-bond acceptors (Lipinski definition) is 4. The highest BCUT2D eigenvalue weighted by atomic mass is 16.5. The van der Waals surface area contributed by atoms with E-state index in [-0.39, 0.29) is 17.9 Å². The molecule has 2 heterocycles. The Morgan fingerprint density at radius 2 is 2.11 bits per heavy atom. The molecule has 0 aliphatic carbocycles. The summed E-state index contributed by atoms with van der Waals surface area (Å²) in [5.74, 6) is 0.333. The van der Waals surface area contributed by atoms with Gasteiger partial charge in [0.25, 0.3) is 0 Å². The third-order valence-corrected chi connectivity index (χ3v) is 5.05. The highest BCUT2D eigenvalue weighted by Gasteiger charge is 2.40. The number of ether oxygens (including phenoxy) is 1. The summed E-state index contributed by atoms with van der Waals surface area (Å²) in [6.07, 6.45) is 5.15. The molecule has 0 bridgehead atoms. The lowest BCUT2D eigenvalue weighted by atomic mass is 9.91. The smallest absolute Gasteiger partial charge is 0.229 e. The van der Waals surface area contributed by atoms with Gasteiger partial charge in [-0.1, -0.05) is 30.3 Å². The summed E-state index contributed by atoms with van der Waals surface area (Å²) >= 11 is 0. The monoisotopic (exact) mass is 380 g/mol. The molecule has 5 nitrogen and oxygen atoms in total. The van der Waals surface area contributed by atoms with Gasteiger partial charge in [0.1, 0.15) is 11.5 Å². The quantitative estimate of drug-likeness (QED) is 0.585. The number of pyridine rings is 1. The van der Waals surface area contributed by atoms with Crippen LogP contribution in [0.5, 0.6) is 5.75 Å². The number of allylic oxidation sites excluding steroid dienone is 1. The van der Waals surface area contributed by atoms with Crippen LogP contribution in [0.1, 0.15) is 44.0 Å². The van der Waals surface area contributed by atoms with E-state index in [1.165, 1.54) is 0 Å². The Morgan fingerprint density at radius 3 is 2.79 bits per heavy atom. The van der Waals surface area contributed by atoms with Crippen molar-refractivity contribution in [2.75, 3.05) is 6.61 Å². The van der Waals surface area contributed by atoms with Crippen LogP contribution in [-0.4, -0.2) is 33.2 Å². The molecule has 0 fully saturated rings. The molecule has 1 aromatic carbocycles. The number of aliphatic hydroxyl groups is 1. The van der Waals surface area contributed by atoms with Crippen LogP contribution < -0.4 is 4.74 Å². The third-order valence-electron chi connectivity index (χ3n) is 5.05. The number of fused-ring (bicyclic) bond motifs is 1. The first-order valence-electron chi connectivity index (χ1n) is 9.70. The minimum Gasteiger partial charge on any atom is -0.493 e. The molecular weight excluding hydrogens is 352 g/mol. The fourth-order valence-corrected chi connectivity index (χ4v) is 3.84. The molecule has 1 amide bonds. The van der Waals surface area contributed by atoms with E-state index in [4.69, 9.17) is 4.74 Å². The zero-order chi connectivity index (χ0) is 20.1. The van der Waals surface area contributed by atoms with Crippen molar-refractivity contribution in [2.24, 2.45) is 5.92 Å². The number of rotatable bonds is 7. The zero-order valence-corrected chi connectivity index (χ0v) is 16.5. The van der Waals surface area contributed by atoms with E-state index >= 15 is 0 Å². The Hall–Kier alpha value is -2.66. The van der Waals surface area contributed by atoms with Crippen molar-refractivity contribution < 1.29 is 14.6 Å². The molecule has 0 saturated carbocycles. The minimum absolute atomic E-state index is 0.0974. The largest absolute Gasteiger partial charge is 0.493 e. The van der Waals surface area contributed by atoms with E-state index < -0.39 is 5.72 Å². The highest BCUT2D eigenvalue weighted by Crippen LogP contribution is 2.39. The van der Waals surface area contributed by atoms with Crippen molar-refractivity contribution in [3.8, 4) is 5.75 Å². The van der Waals surface area contributed by atoms with E-state index in [2.05, 4.69) is 11.6 Å². The van der Waals surface area contributed by atoms with Gasteiger partial charge in [0.2, 0.25) is 5.91 Å². The van der Waals surface area contributed by atoms with Crippen LogP contribution in [0.4, 0.5) is 0 Å². The molecule has 2 atom stereocenters. The second-order valence-corrected chi connectivity index (χ2v) is 7.64. The SMILES string of the molecule is C=CC[C@@H](Cc1ccccn1)C(=O)N([C@@H]1CCOc2ccccc21)C(C)(C)O. The predicted molar refractivity (Wildman–Crippen MR) is 109 cm³/mol. The normalized spacial score (nSPS) is 17.2. The third kappa shape index (κ3) is 4.42. The summed E-state index contributed by atoms with van der Waals surface area (Å²) in [6, 6.07) is 13.2. The number of para-hydroxylation sites is 1. The van der Waals surface area contributed by atoms with Gasteiger partial charge in [-0.15, -0.1) is 6.58 Å². The summed E-state index contributed by atoms with van der Waals surface area (Å²) in [5, 5.41) is 10.9. The van der Waals surface area contributed by atoms with Crippen molar-refractivity contribution in [2.45, 2.75) is 44.9 Å². The number of aromatic nitrogens is 1. The van der Waals surface area contributed by atoms with Gasteiger partial charge in [0.05, 0.1) is 12.6 Å². The maximum Gasteiger partial charge on any atom is 0.229 e. The molecule has 1 N–H and O–H groups in total. The number of carbonyl (C=O) groups is 1. The molecule has 0 unspecified atom stereocenters. The molecule has 0 saturated heterocycles. The molecule has 1 aliphatic rings. The van der Waals surface area contributed by atoms with E-state index in [1.807, 2.05) is 42.5 Å². The second-order valence-electron chi connectivity index (χ2n) is 7.64. The van der Waals surface area contributed by atoms with Crippen LogP contribution in [0.15, 0.2) is 61.3 Å². The molecule has 2 aromatic rings. The molecule has 28 heavy (non-hydrogen) atoms. The average molecular weight is 380 g/mol. The second kappa shape index (κ2) is 8.57. The molecular formula is C23H28N2O3. The molecule has 148 valence electrons. The standard InChI is InChI=1S/C23H28N2O3/c1-4-9-17(16-18-10-7-8-14-24-18)22(26)25(23(2,3)27)20-13-15-28-21-12-6-5-11-19(20)21/h4-8,10-12,14,17,20,27H,1,9,13,15-16H2,2-3H3/t17-,20+/m0/s1. The Morgan fingerprint density at radius 1 is 1.36 bits per heavy atom. The van der Waals surface area contributed by atoms with Crippen LogP contribution in [0.25, 0.3) is 0 Å². The molecule has 1 aromatic heterocycles. The highest BCUT2D eigenvalue weighted by molar-refractivity contribution is 5.80. The predicted octanol–water partition coefficient (Wildman–Crippen LogP) is 3.90. The number of nitrogens with zero attached hydrogens (tertiary/aromatic N) is 2. The zero-order valence-electron chi connectivity index (χ0n) is 16.5. The van der Waals surface area contributed by atoms with Crippen LogP contribution in [0.3, 0.4) is 0 Å². The van der Waals surface area contributed by atoms with Gasteiger partial charge in [0.15, 0.2) is 0 Å². The Balaban J connectivity index is 1.94. The van der Waals surface area contributed by atoms with Crippen LogP contribution >= 0.6 is 0 Å². The van der Waals surface area contributed by atoms with Gasteiger partial charge in [-0.3, -0.25) is 9.78 Å². The van der Waals surface area contributed by atoms with Crippen molar-refractivity contribution >= 4 is 5.91 Å². The van der Waals surface area contributed by atoms with Crippen molar-refractivity contribution in [3.63, 3.8) is 0 Å². The maximum atomic E-state index is 13.6. The molecule has 1 aliphatic heterocycles. The topological polar surface area (TPSA) is 62.7 Å². The van der Waals surface area contributed by atoms with Gasteiger partial charge >= 0.3 is 0 Å². The van der Waals surface area contributed by atoms with Crippen molar-refractivity contribution in [1.82, 2.24) is 9.88 Å². The lowest BCUT2D eigenvalue weighted by molar-refractivity contribution is -0.166. The van der Waals surface area contributed by atoms with E-state index in [9.17, 15) is 9.90 Å². The fraction of sp³-hybridized carbons (Fsp3) is 0.391. The molecule has 5 heteroatoms. The lowest BCUT2D eigenvalue weighted by Gasteiger charge is -2.44. The molecule has 0 radical (unpaired) electrons. The van der Waals surface area contributed by atoms with Gasteiger partial charge in [0, 0.05) is 36.2 Å².